The molecular formula is C15H20O3. The number of hydrogen-bond donors (Lipinski definition) is 0. The Morgan fingerprint density at radius 1 is 1.28 bits per heavy atom. The highest BCUT2D eigenvalue weighted by Crippen LogP contribution is 2.48. The smallest absolute Gasteiger partial charge is 0.196 e. The molecular weight excluding hydrogens is 228 g/mol. The molecule has 18 heavy (non-hydrogen) atoms. The second kappa shape index (κ2) is 4.65. The Morgan fingerprint density at radius 2 is 2.11 bits per heavy atom. The topological polar surface area (TPSA) is 27.7 Å². The van der Waals surface area contributed by atoms with Crippen molar-refractivity contribution in [3.63, 3.8) is 0 Å². The van der Waals surface area contributed by atoms with Crippen LogP contribution in [0.1, 0.15) is 43.9 Å². The van der Waals surface area contributed by atoms with Crippen molar-refractivity contribution in [2.24, 2.45) is 5.41 Å². The first-order valence-electron chi connectivity index (χ1n) is 6.74. The van der Waals surface area contributed by atoms with Gasteiger partial charge >= 0.3 is 0 Å². The summed E-state index contributed by atoms with van der Waals surface area (Å²) >= 11 is 0. The van der Waals surface area contributed by atoms with Gasteiger partial charge in [-0.15, -0.1) is 0 Å². The van der Waals surface area contributed by atoms with E-state index in [2.05, 4.69) is 38.1 Å². The van der Waals surface area contributed by atoms with Gasteiger partial charge in [0.1, 0.15) is 6.10 Å². The maximum absolute atomic E-state index is 5.56. The summed E-state index contributed by atoms with van der Waals surface area (Å²) in [5, 5.41) is 0. The fourth-order valence-corrected chi connectivity index (χ4v) is 2.97. The van der Waals surface area contributed by atoms with Crippen LogP contribution in [0.25, 0.3) is 0 Å². The maximum Gasteiger partial charge on any atom is 0.196 e. The zero-order valence-electron chi connectivity index (χ0n) is 11.0. The highest BCUT2D eigenvalue weighted by molar-refractivity contribution is 5.29. The van der Waals surface area contributed by atoms with E-state index < -0.39 is 0 Å². The van der Waals surface area contributed by atoms with E-state index in [9.17, 15) is 0 Å². The van der Waals surface area contributed by atoms with Gasteiger partial charge in [0.2, 0.25) is 0 Å². The van der Waals surface area contributed by atoms with Gasteiger partial charge in [-0.1, -0.05) is 38.1 Å². The Labute approximate surface area is 108 Å². The highest BCUT2D eigenvalue weighted by Gasteiger charge is 2.47. The van der Waals surface area contributed by atoms with Crippen molar-refractivity contribution in [3.05, 3.63) is 35.4 Å². The van der Waals surface area contributed by atoms with E-state index >= 15 is 0 Å². The molecule has 3 nitrogen and oxygen atoms in total. The van der Waals surface area contributed by atoms with E-state index in [0.29, 0.717) is 0 Å². The third-order valence-corrected chi connectivity index (χ3v) is 4.21. The molecule has 0 aromatic heterocycles. The fourth-order valence-electron chi connectivity index (χ4n) is 2.97. The molecule has 2 saturated heterocycles. The van der Waals surface area contributed by atoms with Crippen LogP contribution in [0.3, 0.4) is 0 Å². The SMILES string of the molecule is CCc1ccccc1[C@@H]1C[C@]2(C)CCO[C@@H]2OO1. The molecule has 0 radical (unpaired) electrons. The first kappa shape index (κ1) is 12.2. The van der Waals surface area contributed by atoms with Gasteiger partial charge in [-0.25, -0.2) is 9.78 Å². The van der Waals surface area contributed by atoms with Crippen LogP contribution in [0, 0.1) is 5.41 Å². The summed E-state index contributed by atoms with van der Waals surface area (Å²) in [6.45, 7) is 5.17. The van der Waals surface area contributed by atoms with Crippen LogP contribution in [0.5, 0.6) is 0 Å². The van der Waals surface area contributed by atoms with Gasteiger partial charge in [0.05, 0.1) is 6.61 Å². The van der Waals surface area contributed by atoms with Gasteiger partial charge in [0.25, 0.3) is 0 Å². The Kier molecular flexibility index (Phi) is 3.14. The lowest BCUT2D eigenvalue weighted by Crippen LogP contribution is -2.38. The van der Waals surface area contributed by atoms with Crippen molar-refractivity contribution in [3.8, 4) is 0 Å². The third kappa shape index (κ3) is 1.96. The number of fused-ring (bicyclic) bond motifs is 1. The number of rotatable bonds is 2. The van der Waals surface area contributed by atoms with Gasteiger partial charge in [-0.2, -0.15) is 0 Å². The van der Waals surface area contributed by atoms with Gasteiger partial charge in [-0.05, 0) is 30.4 Å². The van der Waals surface area contributed by atoms with Crippen molar-refractivity contribution in [1.29, 1.82) is 0 Å². The fraction of sp³-hybridized carbons (Fsp3) is 0.600. The van der Waals surface area contributed by atoms with Crippen LogP contribution in [-0.4, -0.2) is 12.9 Å². The Bertz CT molecular complexity index is 432. The van der Waals surface area contributed by atoms with Crippen LogP contribution in [-0.2, 0) is 20.9 Å². The second-order valence-corrected chi connectivity index (χ2v) is 5.54. The van der Waals surface area contributed by atoms with E-state index in [0.717, 1.165) is 25.9 Å². The van der Waals surface area contributed by atoms with Crippen LogP contribution in [0.2, 0.25) is 0 Å². The lowest BCUT2D eigenvalue weighted by atomic mass is 9.79. The van der Waals surface area contributed by atoms with Crippen molar-refractivity contribution >= 4 is 0 Å². The molecule has 3 heteroatoms. The Hall–Kier alpha value is -0.900. The molecule has 2 fully saturated rings. The lowest BCUT2D eigenvalue weighted by Gasteiger charge is -2.38. The lowest BCUT2D eigenvalue weighted by molar-refractivity contribution is -0.439. The third-order valence-electron chi connectivity index (χ3n) is 4.21. The number of ether oxygens (including phenoxy) is 1. The summed E-state index contributed by atoms with van der Waals surface area (Å²) in [7, 11) is 0. The van der Waals surface area contributed by atoms with Crippen molar-refractivity contribution in [1.82, 2.24) is 0 Å². The molecule has 0 aliphatic carbocycles. The largest absolute Gasteiger partial charge is 0.349 e. The van der Waals surface area contributed by atoms with E-state index in [1.54, 1.807) is 0 Å². The van der Waals surface area contributed by atoms with Crippen LogP contribution in [0.15, 0.2) is 24.3 Å². The standard InChI is InChI=1S/C15H20O3/c1-3-11-6-4-5-7-12(11)13-10-15(2)8-9-16-14(15)18-17-13/h4-7,13-14H,3,8-10H2,1-2H3/t13-,14+,15-/m0/s1. The first-order valence-corrected chi connectivity index (χ1v) is 6.74. The Balaban J connectivity index is 1.85. The highest BCUT2D eigenvalue weighted by atomic mass is 17.2. The van der Waals surface area contributed by atoms with E-state index in [-0.39, 0.29) is 17.8 Å². The summed E-state index contributed by atoms with van der Waals surface area (Å²) in [6.07, 6.45) is 2.87. The second-order valence-electron chi connectivity index (χ2n) is 5.54. The number of benzene rings is 1. The molecule has 2 aliphatic rings. The minimum Gasteiger partial charge on any atom is -0.349 e. The zero-order chi connectivity index (χ0) is 12.6. The summed E-state index contributed by atoms with van der Waals surface area (Å²) in [6, 6.07) is 8.46. The average Bonchev–Trinajstić information content (AvgIpc) is 2.79. The van der Waals surface area contributed by atoms with Gasteiger partial charge < -0.3 is 4.74 Å². The maximum atomic E-state index is 5.56. The van der Waals surface area contributed by atoms with E-state index in [1.165, 1.54) is 11.1 Å². The van der Waals surface area contributed by atoms with E-state index in [4.69, 9.17) is 14.5 Å². The monoisotopic (exact) mass is 248 g/mol. The van der Waals surface area contributed by atoms with E-state index in [1.807, 2.05) is 0 Å². The van der Waals surface area contributed by atoms with Gasteiger partial charge in [-0.3, -0.25) is 0 Å². The molecule has 0 unspecified atom stereocenters. The molecule has 3 rings (SSSR count). The molecule has 98 valence electrons. The molecule has 0 bridgehead atoms. The summed E-state index contributed by atoms with van der Waals surface area (Å²) < 4.78 is 5.55. The molecule has 0 saturated carbocycles. The van der Waals surface area contributed by atoms with Crippen molar-refractivity contribution in [2.45, 2.75) is 45.5 Å². The molecule has 1 aromatic carbocycles. The van der Waals surface area contributed by atoms with Crippen LogP contribution >= 0.6 is 0 Å². The predicted molar refractivity (Wildman–Crippen MR) is 67.8 cm³/mol. The number of hydrogen-bond acceptors (Lipinski definition) is 3. The molecule has 0 N–H and O–H groups in total. The molecule has 0 spiro atoms. The summed E-state index contributed by atoms with van der Waals surface area (Å²) in [5.41, 5.74) is 2.68. The minimum absolute atomic E-state index is 0.0316. The number of aryl methyl sites for hydroxylation is 1. The summed E-state index contributed by atoms with van der Waals surface area (Å²) in [5.74, 6) is 0. The zero-order valence-corrected chi connectivity index (χ0v) is 11.0. The van der Waals surface area contributed by atoms with Crippen molar-refractivity contribution < 1.29 is 14.5 Å². The quantitative estimate of drug-likeness (QED) is 0.751. The van der Waals surface area contributed by atoms with Crippen molar-refractivity contribution in [2.75, 3.05) is 6.61 Å². The van der Waals surface area contributed by atoms with Crippen LogP contribution in [0.4, 0.5) is 0 Å². The normalized spacial score (nSPS) is 35.4. The molecule has 2 heterocycles. The Morgan fingerprint density at radius 3 is 2.94 bits per heavy atom. The van der Waals surface area contributed by atoms with Gasteiger partial charge in [0.15, 0.2) is 6.29 Å². The summed E-state index contributed by atoms with van der Waals surface area (Å²) in [4.78, 5) is 11.0. The molecule has 2 aliphatic heterocycles. The first-order chi connectivity index (χ1) is 8.73. The molecule has 1 aromatic rings. The minimum atomic E-state index is -0.192. The van der Waals surface area contributed by atoms with Gasteiger partial charge in [0, 0.05) is 5.41 Å². The molecule has 0 amide bonds. The predicted octanol–water partition coefficient (Wildman–Crippen LogP) is 3.39. The molecule has 3 atom stereocenters. The average molecular weight is 248 g/mol. The van der Waals surface area contributed by atoms with Crippen LogP contribution < -0.4 is 0 Å².